The van der Waals surface area contributed by atoms with Crippen molar-refractivity contribution in [1.29, 1.82) is 0 Å². The summed E-state index contributed by atoms with van der Waals surface area (Å²) in [6, 6.07) is 17.2. The first-order valence-corrected chi connectivity index (χ1v) is 8.33. The first kappa shape index (κ1) is 16.5. The van der Waals surface area contributed by atoms with Crippen LogP contribution >= 0.6 is 11.6 Å². The van der Waals surface area contributed by atoms with Crippen LogP contribution in [-0.4, -0.2) is 23.3 Å². The van der Waals surface area contributed by atoms with Crippen molar-refractivity contribution in [2.24, 2.45) is 5.92 Å². The van der Waals surface area contributed by atoms with Crippen LogP contribution in [0, 0.1) is 5.92 Å². The molecular formula is C19H19ClN2O2. The van der Waals surface area contributed by atoms with Gasteiger partial charge in [-0.2, -0.15) is 0 Å². The quantitative estimate of drug-likeness (QED) is 0.908. The van der Waals surface area contributed by atoms with Gasteiger partial charge in [-0.15, -0.1) is 0 Å². The van der Waals surface area contributed by atoms with Gasteiger partial charge in [0.15, 0.2) is 0 Å². The summed E-state index contributed by atoms with van der Waals surface area (Å²) in [6.45, 7) is 1.47. The van der Waals surface area contributed by atoms with E-state index >= 15 is 0 Å². The number of likely N-dealkylation sites (tertiary alicyclic amines) is 1. The second-order valence-corrected chi connectivity index (χ2v) is 6.44. The van der Waals surface area contributed by atoms with E-state index < -0.39 is 0 Å². The van der Waals surface area contributed by atoms with Crippen LogP contribution in [-0.2, 0) is 22.7 Å². The number of hydrogen-bond acceptors (Lipinski definition) is 2. The van der Waals surface area contributed by atoms with Gasteiger partial charge in [0.25, 0.3) is 0 Å². The van der Waals surface area contributed by atoms with Crippen molar-refractivity contribution in [3.8, 4) is 0 Å². The topological polar surface area (TPSA) is 49.4 Å². The molecule has 5 heteroatoms. The molecule has 1 atom stereocenters. The van der Waals surface area contributed by atoms with Crippen LogP contribution in [0.1, 0.15) is 17.5 Å². The van der Waals surface area contributed by atoms with Crippen molar-refractivity contribution >= 4 is 23.4 Å². The van der Waals surface area contributed by atoms with Gasteiger partial charge in [0.1, 0.15) is 0 Å². The lowest BCUT2D eigenvalue weighted by Crippen LogP contribution is -2.32. The van der Waals surface area contributed by atoms with E-state index in [2.05, 4.69) is 5.32 Å². The van der Waals surface area contributed by atoms with Gasteiger partial charge in [0.05, 0.1) is 5.92 Å². The second kappa shape index (κ2) is 7.49. The molecule has 1 saturated heterocycles. The summed E-state index contributed by atoms with van der Waals surface area (Å²) >= 11 is 5.85. The number of halogens is 1. The van der Waals surface area contributed by atoms with E-state index in [1.54, 1.807) is 17.0 Å². The van der Waals surface area contributed by atoms with Gasteiger partial charge in [-0.05, 0) is 23.3 Å². The standard InChI is InChI=1S/C19H19ClN2O2/c20-17-8-6-14(7-9-17)11-21-19(24)16-10-18(23)22(13-16)12-15-4-2-1-3-5-15/h1-9,16H,10-13H2,(H,21,24). The maximum atomic E-state index is 12.3. The number of nitrogens with zero attached hydrogens (tertiary/aromatic N) is 1. The number of hydrogen-bond donors (Lipinski definition) is 1. The number of rotatable bonds is 5. The van der Waals surface area contributed by atoms with E-state index in [9.17, 15) is 9.59 Å². The summed E-state index contributed by atoms with van der Waals surface area (Å²) in [6.07, 6.45) is 0.277. The van der Waals surface area contributed by atoms with E-state index in [0.717, 1.165) is 11.1 Å². The van der Waals surface area contributed by atoms with Crippen molar-refractivity contribution in [3.05, 3.63) is 70.7 Å². The zero-order valence-corrected chi connectivity index (χ0v) is 14.0. The number of amides is 2. The van der Waals surface area contributed by atoms with Crippen molar-refractivity contribution in [2.75, 3.05) is 6.54 Å². The summed E-state index contributed by atoms with van der Waals surface area (Å²) in [5, 5.41) is 3.57. The molecule has 4 nitrogen and oxygen atoms in total. The molecule has 1 heterocycles. The number of benzene rings is 2. The summed E-state index contributed by atoms with van der Waals surface area (Å²) in [4.78, 5) is 26.2. The highest BCUT2D eigenvalue weighted by Crippen LogP contribution is 2.20. The molecule has 0 radical (unpaired) electrons. The highest BCUT2D eigenvalue weighted by atomic mass is 35.5. The summed E-state index contributed by atoms with van der Waals surface area (Å²) < 4.78 is 0. The van der Waals surface area contributed by atoms with Crippen LogP contribution in [0.15, 0.2) is 54.6 Å². The summed E-state index contributed by atoms with van der Waals surface area (Å²) in [7, 11) is 0. The Morgan fingerprint density at radius 1 is 1.08 bits per heavy atom. The molecule has 0 aliphatic carbocycles. The van der Waals surface area contributed by atoms with Crippen LogP contribution in [0.25, 0.3) is 0 Å². The molecule has 24 heavy (non-hydrogen) atoms. The van der Waals surface area contributed by atoms with Crippen molar-refractivity contribution in [1.82, 2.24) is 10.2 Å². The van der Waals surface area contributed by atoms with E-state index in [1.807, 2.05) is 42.5 Å². The number of nitrogens with one attached hydrogen (secondary N) is 1. The fourth-order valence-corrected chi connectivity index (χ4v) is 2.97. The molecule has 2 aromatic rings. The number of carbonyl (C=O) groups excluding carboxylic acids is 2. The van der Waals surface area contributed by atoms with Gasteiger partial charge in [-0.1, -0.05) is 54.1 Å². The molecule has 0 saturated carbocycles. The molecule has 0 bridgehead atoms. The predicted molar refractivity (Wildman–Crippen MR) is 93.3 cm³/mol. The van der Waals surface area contributed by atoms with Gasteiger partial charge >= 0.3 is 0 Å². The molecule has 1 fully saturated rings. The van der Waals surface area contributed by atoms with E-state index in [-0.39, 0.29) is 24.2 Å². The molecule has 1 N–H and O–H groups in total. The number of carbonyl (C=O) groups is 2. The minimum atomic E-state index is -0.284. The first-order valence-electron chi connectivity index (χ1n) is 7.95. The Labute approximate surface area is 146 Å². The van der Waals surface area contributed by atoms with Crippen molar-refractivity contribution in [3.63, 3.8) is 0 Å². The molecule has 1 aliphatic rings. The Hall–Kier alpha value is -2.33. The fourth-order valence-electron chi connectivity index (χ4n) is 2.84. The third kappa shape index (κ3) is 4.15. The van der Waals surface area contributed by atoms with E-state index in [1.165, 1.54) is 0 Å². The molecule has 2 aromatic carbocycles. The molecule has 1 unspecified atom stereocenters. The van der Waals surface area contributed by atoms with Crippen LogP contribution in [0.4, 0.5) is 0 Å². The van der Waals surface area contributed by atoms with Gasteiger partial charge in [0.2, 0.25) is 11.8 Å². The zero-order chi connectivity index (χ0) is 16.9. The predicted octanol–water partition coefficient (Wildman–Crippen LogP) is 3.00. The Bertz CT molecular complexity index is 716. The molecule has 0 spiro atoms. The lowest BCUT2D eigenvalue weighted by atomic mass is 10.1. The highest BCUT2D eigenvalue weighted by molar-refractivity contribution is 6.30. The third-order valence-electron chi connectivity index (χ3n) is 4.18. The zero-order valence-electron chi connectivity index (χ0n) is 13.2. The average molecular weight is 343 g/mol. The average Bonchev–Trinajstić information content (AvgIpc) is 2.96. The van der Waals surface area contributed by atoms with Crippen LogP contribution in [0.5, 0.6) is 0 Å². The van der Waals surface area contributed by atoms with Gasteiger partial charge < -0.3 is 10.2 Å². The van der Waals surface area contributed by atoms with Crippen LogP contribution in [0.2, 0.25) is 5.02 Å². The first-order chi connectivity index (χ1) is 11.6. The Morgan fingerprint density at radius 2 is 1.79 bits per heavy atom. The Kier molecular flexibility index (Phi) is 5.16. The maximum Gasteiger partial charge on any atom is 0.225 e. The lowest BCUT2D eigenvalue weighted by molar-refractivity contribution is -0.129. The molecule has 2 amide bonds. The van der Waals surface area contributed by atoms with Crippen molar-refractivity contribution < 1.29 is 9.59 Å². The lowest BCUT2D eigenvalue weighted by Gasteiger charge is -2.16. The molecule has 124 valence electrons. The molecule has 3 rings (SSSR count). The van der Waals surface area contributed by atoms with Gasteiger partial charge in [-0.25, -0.2) is 0 Å². The SMILES string of the molecule is O=C(NCc1ccc(Cl)cc1)C1CC(=O)N(Cc2ccccc2)C1. The monoisotopic (exact) mass is 342 g/mol. The molecular weight excluding hydrogens is 324 g/mol. The Balaban J connectivity index is 1.53. The third-order valence-corrected chi connectivity index (χ3v) is 4.43. The minimum absolute atomic E-state index is 0.0329. The fraction of sp³-hybridized carbons (Fsp3) is 0.263. The van der Waals surface area contributed by atoms with Gasteiger partial charge in [-0.3, -0.25) is 9.59 Å². The molecule has 0 aromatic heterocycles. The minimum Gasteiger partial charge on any atom is -0.352 e. The largest absolute Gasteiger partial charge is 0.352 e. The van der Waals surface area contributed by atoms with Gasteiger partial charge in [0, 0.05) is 31.1 Å². The second-order valence-electron chi connectivity index (χ2n) is 6.01. The smallest absolute Gasteiger partial charge is 0.225 e. The highest BCUT2D eigenvalue weighted by Gasteiger charge is 2.33. The Morgan fingerprint density at radius 3 is 2.50 bits per heavy atom. The molecule has 1 aliphatic heterocycles. The van der Waals surface area contributed by atoms with E-state index in [0.29, 0.717) is 24.7 Å². The maximum absolute atomic E-state index is 12.3. The van der Waals surface area contributed by atoms with Crippen molar-refractivity contribution in [2.45, 2.75) is 19.5 Å². The van der Waals surface area contributed by atoms with Crippen LogP contribution in [0.3, 0.4) is 0 Å². The van der Waals surface area contributed by atoms with Crippen LogP contribution < -0.4 is 5.32 Å². The summed E-state index contributed by atoms with van der Waals surface area (Å²) in [5.41, 5.74) is 2.06. The summed E-state index contributed by atoms with van der Waals surface area (Å²) in [5.74, 6) is -0.326. The van der Waals surface area contributed by atoms with E-state index in [4.69, 9.17) is 11.6 Å². The normalized spacial score (nSPS) is 17.1.